The first-order valence-electron chi connectivity index (χ1n) is 11.9. The van der Waals surface area contributed by atoms with Crippen LogP contribution in [0, 0.1) is 0 Å². The molecule has 3 N–H and O–H groups in total. The average molecular weight is 433 g/mol. The van der Waals surface area contributed by atoms with E-state index in [1.165, 1.54) is 51.4 Å². The third kappa shape index (κ3) is 11.0. The molecule has 0 saturated carbocycles. The molecule has 1 heterocycles. The summed E-state index contributed by atoms with van der Waals surface area (Å²) in [5.41, 5.74) is 0. The predicted octanol–water partition coefficient (Wildman–Crippen LogP) is 3.46. The summed E-state index contributed by atoms with van der Waals surface area (Å²) < 4.78 is 16.1. The monoisotopic (exact) mass is 432 g/mol. The van der Waals surface area contributed by atoms with Crippen molar-refractivity contribution < 1.29 is 34.3 Å². The van der Waals surface area contributed by atoms with Crippen molar-refractivity contribution in [2.75, 3.05) is 6.61 Å². The number of carbonyl (C=O) groups excluding carboxylic acids is 1. The SMILES string of the molecule is CCCCCCCCCCCCCC(=O)OC[C@H]1OC(OC(C)C)[C@H](O)[C@@H](O)[C@@H]1O. The molecule has 1 rings (SSSR count). The van der Waals surface area contributed by atoms with Gasteiger partial charge in [-0.1, -0.05) is 71.1 Å². The Bertz CT molecular complexity index is 443. The van der Waals surface area contributed by atoms with Gasteiger partial charge in [-0.05, 0) is 20.3 Å². The molecule has 1 fully saturated rings. The fourth-order valence-corrected chi connectivity index (χ4v) is 3.62. The first kappa shape index (κ1) is 27.3. The Morgan fingerprint density at radius 1 is 0.833 bits per heavy atom. The maximum Gasteiger partial charge on any atom is 0.305 e. The van der Waals surface area contributed by atoms with E-state index in [0.29, 0.717) is 6.42 Å². The summed E-state index contributed by atoms with van der Waals surface area (Å²) in [4.78, 5) is 12.0. The van der Waals surface area contributed by atoms with E-state index in [2.05, 4.69) is 6.92 Å². The van der Waals surface area contributed by atoms with Crippen LogP contribution in [0.25, 0.3) is 0 Å². The van der Waals surface area contributed by atoms with Gasteiger partial charge < -0.3 is 29.5 Å². The molecular weight excluding hydrogens is 388 g/mol. The topological polar surface area (TPSA) is 105 Å². The zero-order valence-electron chi connectivity index (χ0n) is 19.1. The van der Waals surface area contributed by atoms with Crippen LogP contribution in [-0.4, -0.2) is 64.7 Å². The second-order valence-corrected chi connectivity index (χ2v) is 8.67. The van der Waals surface area contributed by atoms with E-state index in [0.717, 1.165) is 19.3 Å². The number of hydrogen-bond donors (Lipinski definition) is 3. The Morgan fingerprint density at radius 3 is 1.90 bits per heavy atom. The third-order valence-electron chi connectivity index (χ3n) is 5.47. The minimum absolute atomic E-state index is 0.181. The number of aliphatic hydroxyl groups is 3. The van der Waals surface area contributed by atoms with Crippen molar-refractivity contribution in [2.45, 2.75) is 135 Å². The number of ether oxygens (including phenoxy) is 3. The van der Waals surface area contributed by atoms with Gasteiger partial charge in [0.2, 0.25) is 0 Å². The maximum atomic E-state index is 12.0. The highest BCUT2D eigenvalue weighted by Gasteiger charge is 2.45. The van der Waals surface area contributed by atoms with E-state index < -0.39 is 30.7 Å². The average Bonchev–Trinajstić information content (AvgIpc) is 2.71. The van der Waals surface area contributed by atoms with Crippen molar-refractivity contribution in [3.05, 3.63) is 0 Å². The molecule has 0 spiro atoms. The summed E-state index contributed by atoms with van der Waals surface area (Å²) >= 11 is 0. The smallest absolute Gasteiger partial charge is 0.305 e. The van der Waals surface area contributed by atoms with Crippen molar-refractivity contribution in [2.24, 2.45) is 0 Å². The van der Waals surface area contributed by atoms with Gasteiger partial charge >= 0.3 is 5.97 Å². The molecule has 0 radical (unpaired) electrons. The van der Waals surface area contributed by atoms with E-state index in [9.17, 15) is 20.1 Å². The van der Waals surface area contributed by atoms with Crippen LogP contribution in [0.3, 0.4) is 0 Å². The Hall–Kier alpha value is -0.730. The second kappa shape index (κ2) is 16.0. The van der Waals surface area contributed by atoms with E-state index in [4.69, 9.17) is 14.2 Å². The summed E-state index contributed by atoms with van der Waals surface area (Å²) in [6.45, 7) is 5.60. The quantitative estimate of drug-likeness (QED) is 0.253. The van der Waals surface area contributed by atoms with Crippen LogP contribution in [0.1, 0.15) is 97.8 Å². The molecule has 0 bridgehead atoms. The van der Waals surface area contributed by atoms with Crippen LogP contribution in [0.15, 0.2) is 0 Å². The highest BCUT2D eigenvalue weighted by molar-refractivity contribution is 5.69. The Morgan fingerprint density at radius 2 is 1.37 bits per heavy atom. The summed E-state index contributed by atoms with van der Waals surface area (Å²) in [6, 6.07) is 0. The van der Waals surface area contributed by atoms with Crippen molar-refractivity contribution >= 4 is 5.97 Å². The normalized spacial score (nSPS) is 26.8. The zero-order chi connectivity index (χ0) is 22.4. The lowest BCUT2D eigenvalue weighted by Gasteiger charge is -2.40. The molecule has 0 aromatic carbocycles. The van der Waals surface area contributed by atoms with E-state index >= 15 is 0 Å². The van der Waals surface area contributed by atoms with Crippen molar-refractivity contribution in [1.29, 1.82) is 0 Å². The van der Waals surface area contributed by atoms with Crippen LogP contribution in [0.5, 0.6) is 0 Å². The fourth-order valence-electron chi connectivity index (χ4n) is 3.62. The summed E-state index contributed by atoms with van der Waals surface area (Å²) in [5, 5.41) is 30.0. The van der Waals surface area contributed by atoms with Crippen LogP contribution >= 0.6 is 0 Å². The molecule has 0 aromatic rings. The molecule has 5 atom stereocenters. The highest BCUT2D eigenvalue weighted by Crippen LogP contribution is 2.23. The van der Waals surface area contributed by atoms with Crippen LogP contribution in [0.2, 0.25) is 0 Å². The summed E-state index contributed by atoms with van der Waals surface area (Å²) in [6.07, 6.45) is 7.33. The number of esters is 1. The zero-order valence-corrected chi connectivity index (χ0v) is 19.1. The molecule has 1 unspecified atom stereocenters. The van der Waals surface area contributed by atoms with Crippen LogP contribution < -0.4 is 0 Å². The second-order valence-electron chi connectivity index (χ2n) is 8.67. The number of unbranched alkanes of at least 4 members (excludes halogenated alkanes) is 10. The Balaban J connectivity index is 2.11. The predicted molar refractivity (Wildman–Crippen MR) is 115 cm³/mol. The van der Waals surface area contributed by atoms with Crippen molar-refractivity contribution in [3.63, 3.8) is 0 Å². The standard InChI is InChI=1S/C23H44O7/c1-4-5-6-7-8-9-10-11-12-13-14-15-19(24)28-16-18-20(25)21(26)22(27)23(30-18)29-17(2)3/h17-18,20-23,25-27H,4-16H2,1-3H3/t18-,20-,21+,22-,23?/m1/s1. The van der Waals surface area contributed by atoms with Crippen molar-refractivity contribution in [3.8, 4) is 0 Å². The van der Waals surface area contributed by atoms with Gasteiger partial charge in [0.25, 0.3) is 0 Å². The molecule has 7 nitrogen and oxygen atoms in total. The maximum absolute atomic E-state index is 12.0. The van der Waals surface area contributed by atoms with Gasteiger partial charge in [-0.2, -0.15) is 0 Å². The molecular formula is C23H44O7. The van der Waals surface area contributed by atoms with E-state index in [1.54, 1.807) is 13.8 Å². The van der Waals surface area contributed by atoms with Gasteiger partial charge in [-0.3, -0.25) is 4.79 Å². The number of aliphatic hydroxyl groups excluding tert-OH is 3. The highest BCUT2D eigenvalue weighted by atomic mass is 16.7. The largest absolute Gasteiger partial charge is 0.463 e. The molecule has 30 heavy (non-hydrogen) atoms. The number of hydrogen-bond acceptors (Lipinski definition) is 7. The van der Waals surface area contributed by atoms with E-state index in [1.807, 2.05) is 0 Å². The number of carbonyl (C=O) groups is 1. The molecule has 178 valence electrons. The molecule has 1 aliphatic rings. The van der Waals surface area contributed by atoms with Crippen LogP contribution in [-0.2, 0) is 19.0 Å². The Kier molecular flexibility index (Phi) is 14.5. The van der Waals surface area contributed by atoms with Gasteiger partial charge in [-0.15, -0.1) is 0 Å². The van der Waals surface area contributed by atoms with Gasteiger partial charge in [0.15, 0.2) is 6.29 Å². The molecule has 1 aliphatic heterocycles. The molecule has 1 saturated heterocycles. The number of rotatable bonds is 16. The van der Waals surface area contributed by atoms with Gasteiger partial charge in [0.1, 0.15) is 31.0 Å². The first-order chi connectivity index (χ1) is 14.4. The third-order valence-corrected chi connectivity index (χ3v) is 5.47. The van der Waals surface area contributed by atoms with Gasteiger partial charge in [0.05, 0.1) is 6.10 Å². The van der Waals surface area contributed by atoms with Crippen LogP contribution in [0.4, 0.5) is 0 Å². The molecule has 7 heteroatoms. The summed E-state index contributed by atoms with van der Waals surface area (Å²) in [5.74, 6) is -0.344. The fraction of sp³-hybridized carbons (Fsp3) is 0.957. The summed E-state index contributed by atoms with van der Waals surface area (Å²) in [7, 11) is 0. The molecule has 0 amide bonds. The van der Waals surface area contributed by atoms with E-state index in [-0.39, 0.29) is 18.7 Å². The van der Waals surface area contributed by atoms with Crippen molar-refractivity contribution in [1.82, 2.24) is 0 Å². The minimum atomic E-state index is -1.42. The Labute approximate surface area is 182 Å². The molecule has 0 aromatic heterocycles. The lowest BCUT2D eigenvalue weighted by atomic mass is 9.99. The van der Waals surface area contributed by atoms with Gasteiger partial charge in [0, 0.05) is 6.42 Å². The minimum Gasteiger partial charge on any atom is -0.463 e. The first-order valence-corrected chi connectivity index (χ1v) is 11.9. The van der Waals surface area contributed by atoms with Gasteiger partial charge in [-0.25, -0.2) is 0 Å². The molecule has 0 aliphatic carbocycles. The lowest BCUT2D eigenvalue weighted by molar-refractivity contribution is -0.309. The lowest BCUT2D eigenvalue weighted by Crippen LogP contribution is -2.59.